The Kier molecular flexibility index (Phi) is 20.6. The number of thiazole rings is 6. The van der Waals surface area contributed by atoms with E-state index in [-0.39, 0.29) is 65.0 Å². The Morgan fingerprint density at radius 2 is 1.38 bits per heavy atom. The number of aliphatic hydroxyl groups excluding tert-OH is 1. The molecule has 1 aliphatic heterocycles. The van der Waals surface area contributed by atoms with Crippen molar-refractivity contribution >= 4 is 121 Å². The number of amides is 6. The van der Waals surface area contributed by atoms with Crippen molar-refractivity contribution in [2.75, 3.05) is 25.6 Å². The molecule has 94 heavy (non-hydrogen) atoms. The molecule has 8 N–H and O–H groups in total. The summed E-state index contributed by atoms with van der Waals surface area (Å²) in [7, 11) is 2.92. The van der Waals surface area contributed by atoms with Gasteiger partial charge >= 0.3 is 11.9 Å². The van der Waals surface area contributed by atoms with E-state index in [0.717, 1.165) is 34.0 Å². The Bertz CT molecular complexity index is 4330. The largest absolute Gasteiger partial charge is 0.481 e. The van der Waals surface area contributed by atoms with E-state index in [1.165, 1.54) is 65.3 Å². The summed E-state index contributed by atoms with van der Waals surface area (Å²) in [6, 6.07) is 12.2. The minimum Gasteiger partial charge on any atom is -0.481 e. The van der Waals surface area contributed by atoms with E-state index in [2.05, 4.69) is 31.6 Å². The lowest BCUT2D eigenvalue weighted by Crippen LogP contribution is -2.40. The number of hydrogen-bond acceptors (Lipinski definition) is 24. The number of carbonyl (C=O) groups is 8. The molecular weight excluding hydrogens is 1330 g/mol. The van der Waals surface area contributed by atoms with Crippen LogP contribution in [-0.4, -0.2) is 123 Å². The zero-order valence-corrected chi connectivity index (χ0v) is 55.7. The molecule has 9 aromatic rings. The number of carboxylic acids is 2. The number of fused-ring (bicyclic) bond motifs is 14. The number of anilines is 1. The molecule has 9 heterocycles. The summed E-state index contributed by atoms with van der Waals surface area (Å²) in [6.07, 6.45) is 1.13. The van der Waals surface area contributed by atoms with Gasteiger partial charge in [0.15, 0.2) is 0 Å². The second-order valence-corrected chi connectivity index (χ2v) is 28.1. The second kappa shape index (κ2) is 29.1. The van der Waals surface area contributed by atoms with Crippen LogP contribution in [0.1, 0.15) is 148 Å². The summed E-state index contributed by atoms with van der Waals surface area (Å²) in [5.41, 5.74) is 2.70. The van der Waals surface area contributed by atoms with E-state index in [0.29, 0.717) is 99.9 Å². The van der Waals surface area contributed by atoms with Crippen molar-refractivity contribution in [3.63, 3.8) is 0 Å². The SMILES string of the molecule is CNC(=O)C[C@@H]1NC(=O)c2csc(n2)-c2ccc(-c3nc(N(Cc4ccc(C(=O)O)nc4)C(=O)C4CCC(C(=O)O)CC4)cs3)nc2-c2csc(n2)-c2csc(n2)[C@H]([C@@H](O)c2ccccc2)NC(=O)CNC(=O)c2nc(sc2COC)C(C(C)C)NC(=O)c2nc1sc2C. The standard InChI is InChI=1S/C62H60N14O12S6/c1-28(2)45-59-75-48(41(94-59)23-88-5)52(81)65-21-44(78)72-49(50(79)31-9-7-6-8-10-31)58-70-40(26-91-58)56-68-38(24-90-56)47-34(54-69-39(25-89-54)51(80)67-37(19-43(77)63-4)57-74-46(29(3)93-57)53(82)73-45)16-18-35(66-47)55-71-42(27-92-55)76(22-30-11-17-36(62(86)87)64-20-30)60(83)32-12-14-33(15-13-32)61(84)85/h6-11,16-18,20,24-28,32-33,37,45,49-50,79H,12-15,19,21-23H2,1-5H3,(H,63,77)(H,65,81)(H,67,80)(H,72,78)(H,73,82)(H,84,85)(H,86,87)/t32?,33?,37-,45?,49-,50-/m0/s1. The number of aliphatic hydroxyl groups is 1. The average Bonchev–Trinajstić information content (AvgIpc) is 1.60. The molecule has 2 aliphatic rings. The lowest BCUT2D eigenvalue weighted by Gasteiger charge is -2.30. The van der Waals surface area contributed by atoms with Crippen LogP contribution >= 0.6 is 68.0 Å². The van der Waals surface area contributed by atoms with Gasteiger partial charge in [0.1, 0.15) is 87.9 Å². The number of benzene rings is 1. The molecule has 0 saturated heterocycles. The number of aromatic carboxylic acids is 1. The van der Waals surface area contributed by atoms with Gasteiger partial charge in [0.2, 0.25) is 17.7 Å². The lowest BCUT2D eigenvalue weighted by molar-refractivity contribution is -0.144. The van der Waals surface area contributed by atoms with Crippen molar-refractivity contribution in [2.24, 2.45) is 17.8 Å². The predicted octanol–water partition coefficient (Wildman–Crippen LogP) is 8.83. The summed E-state index contributed by atoms with van der Waals surface area (Å²) < 4.78 is 5.46. The molecule has 1 aromatic carbocycles. The summed E-state index contributed by atoms with van der Waals surface area (Å²) in [6.45, 7) is 4.86. The number of aliphatic carboxylic acids is 1. The van der Waals surface area contributed by atoms with Gasteiger partial charge in [-0.2, -0.15) is 0 Å². The van der Waals surface area contributed by atoms with E-state index in [4.69, 9.17) is 39.6 Å². The molecule has 0 radical (unpaired) electrons. The van der Waals surface area contributed by atoms with Gasteiger partial charge in [-0.15, -0.1) is 68.0 Å². The van der Waals surface area contributed by atoms with Crippen molar-refractivity contribution in [2.45, 2.75) is 90.3 Å². The molecule has 6 amide bonds. The van der Waals surface area contributed by atoms with Crippen LogP contribution in [0.4, 0.5) is 5.82 Å². The zero-order valence-electron chi connectivity index (χ0n) is 50.8. The van der Waals surface area contributed by atoms with E-state index in [9.17, 15) is 53.7 Å². The number of carboxylic acid groups (broad SMARTS) is 2. The topological polar surface area (TPSA) is 373 Å². The molecule has 10 bridgehead atoms. The minimum absolute atomic E-state index is 0.0110. The molecule has 1 unspecified atom stereocenters. The first kappa shape index (κ1) is 66.4. The third kappa shape index (κ3) is 14.8. The minimum atomic E-state index is -1.31. The number of methoxy groups -OCH3 is 1. The fourth-order valence-electron chi connectivity index (χ4n) is 10.6. The zero-order chi connectivity index (χ0) is 66.5. The Balaban J connectivity index is 0.988. The Labute approximate surface area is 560 Å². The maximum absolute atomic E-state index is 14.6. The van der Waals surface area contributed by atoms with Gasteiger partial charge < -0.3 is 46.6 Å². The van der Waals surface area contributed by atoms with Crippen molar-refractivity contribution in [3.8, 4) is 43.4 Å². The van der Waals surface area contributed by atoms with Crippen molar-refractivity contribution in [1.82, 2.24) is 66.5 Å². The first-order chi connectivity index (χ1) is 45.2. The highest BCUT2D eigenvalue weighted by molar-refractivity contribution is 7.15. The van der Waals surface area contributed by atoms with Crippen LogP contribution in [-0.2, 0) is 37.1 Å². The number of nitrogens with one attached hydrogen (secondary N) is 5. The predicted molar refractivity (Wildman–Crippen MR) is 352 cm³/mol. The van der Waals surface area contributed by atoms with Gasteiger partial charge in [0, 0.05) is 58.2 Å². The quantitative estimate of drug-likeness (QED) is 0.0504. The molecule has 1 aliphatic carbocycles. The maximum Gasteiger partial charge on any atom is 0.354 e. The maximum atomic E-state index is 14.6. The van der Waals surface area contributed by atoms with Gasteiger partial charge in [0.25, 0.3) is 17.7 Å². The Morgan fingerprint density at radius 3 is 2.10 bits per heavy atom. The fraction of sp³-hybridized carbons (Fsp3) is 0.323. The molecular formula is C62H60N14O12S6. The van der Waals surface area contributed by atoms with E-state index in [1.54, 1.807) is 77.0 Å². The van der Waals surface area contributed by atoms with Crippen LogP contribution in [0.3, 0.4) is 0 Å². The number of rotatable bonds is 14. The van der Waals surface area contributed by atoms with Gasteiger partial charge in [-0.25, -0.2) is 44.7 Å². The molecule has 32 heteroatoms. The van der Waals surface area contributed by atoms with Crippen molar-refractivity contribution < 1.29 is 58.4 Å². The van der Waals surface area contributed by atoms with Crippen LogP contribution < -0.4 is 31.5 Å². The van der Waals surface area contributed by atoms with Gasteiger partial charge in [0.05, 0.1) is 54.7 Å². The van der Waals surface area contributed by atoms with Crippen molar-refractivity contribution in [1.29, 1.82) is 0 Å². The van der Waals surface area contributed by atoms with Gasteiger partial charge in [-0.1, -0.05) is 50.2 Å². The number of nitrogens with zero attached hydrogens (tertiary/aromatic N) is 9. The number of ether oxygens (including phenoxy) is 1. The number of pyridine rings is 2. The number of aryl methyl sites for hydroxylation is 1. The van der Waals surface area contributed by atoms with E-state index in [1.807, 2.05) is 13.8 Å². The van der Waals surface area contributed by atoms with Gasteiger partial charge in [-0.05, 0) is 67.9 Å². The first-order valence-electron chi connectivity index (χ1n) is 29.4. The second-order valence-electron chi connectivity index (χ2n) is 22.3. The monoisotopic (exact) mass is 1380 g/mol. The lowest BCUT2D eigenvalue weighted by atomic mass is 9.81. The third-order valence-electron chi connectivity index (χ3n) is 15.6. The number of carbonyl (C=O) groups excluding carboxylic acids is 6. The highest BCUT2D eigenvalue weighted by Gasteiger charge is 2.36. The molecule has 11 rings (SSSR count). The molecule has 0 spiro atoms. The van der Waals surface area contributed by atoms with E-state index >= 15 is 0 Å². The smallest absolute Gasteiger partial charge is 0.354 e. The van der Waals surface area contributed by atoms with E-state index < -0.39 is 84.1 Å². The number of aromatic nitrogens is 8. The highest BCUT2D eigenvalue weighted by Crippen LogP contribution is 2.41. The van der Waals surface area contributed by atoms with Crippen molar-refractivity contribution in [3.05, 3.63) is 141 Å². The summed E-state index contributed by atoms with van der Waals surface area (Å²) in [4.78, 5) is 149. The van der Waals surface area contributed by atoms with Crippen LogP contribution in [0.25, 0.3) is 43.4 Å². The fourth-order valence-corrected chi connectivity index (χ4v) is 16.2. The molecule has 486 valence electrons. The van der Waals surface area contributed by atoms with Crippen LogP contribution in [0.5, 0.6) is 0 Å². The molecule has 26 nitrogen and oxygen atoms in total. The highest BCUT2D eigenvalue weighted by atomic mass is 32.1. The van der Waals surface area contributed by atoms with Crippen LogP contribution in [0.2, 0.25) is 0 Å². The Morgan fingerprint density at radius 1 is 0.681 bits per heavy atom. The average molecular weight is 1390 g/mol. The Hall–Kier alpha value is -9.02. The summed E-state index contributed by atoms with van der Waals surface area (Å²) >= 11 is 7.03. The number of hydrogen-bond donors (Lipinski definition) is 8. The molecule has 1 fully saturated rings. The van der Waals surface area contributed by atoms with Gasteiger partial charge in [-0.3, -0.25) is 38.5 Å². The molecule has 1 saturated carbocycles. The van der Waals surface area contributed by atoms with Crippen LogP contribution in [0.15, 0.2) is 82.3 Å². The normalized spacial score (nSPS) is 18.3. The molecule has 8 aromatic heterocycles. The molecule has 4 atom stereocenters. The third-order valence-corrected chi connectivity index (χ3v) is 21.3. The first-order valence-corrected chi connectivity index (χ1v) is 34.5. The summed E-state index contributed by atoms with van der Waals surface area (Å²) in [5, 5.41) is 54.3. The van der Waals surface area contributed by atoms with Crippen LogP contribution in [0, 0.1) is 24.7 Å². The summed E-state index contributed by atoms with van der Waals surface area (Å²) in [5.74, 6) is -6.50.